The highest BCUT2D eigenvalue weighted by Crippen LogP contribution is 2.37. The fourth-order valence-electron chi connectivity index (χ4n) is 2.41. The normalized spacial score (nSPS) is 12.7. The van der Waals surface area contributed by atoms with E-state index in [-0.39, 0.29) is 22.0 Å². The highest BCUT2D eigenvalue weighted by atomic mass is 32.2. The topological polar surface area (TPSA) is 154 Å². The molecule has 3 aromatic rings. The molecular weight excluding hydrogens is 396 g/mol. The van der Waals surface area contributed by atoms with Crippen LogP contribution in [0.25, 0.3) is 10.8 Å². The number of aromatic hydroxyl groups is 1. The predicted octanol–water partition coefficient (Wildman–Crippen LogP) is 3.45. The summed E-state index contributed by atoms with van der Waals surface area (Å²) in [6.07, 6.45) is 0. The molecule has 0 aliphatic rings. The van der Waals surface area contributed by atoms with Gasteiger partial charge in [-0.25, -0.2) is 0 Å². The van der Waals surface area contributed by atoms with Crippen molar-refractivity contribution < 1.29 is 31.0 Å². The molecule has 27 heavy (non-hydrogen) atoms. The van der Waals surface area contributed by atoms with Crippen molar-refractivity contribution >= 4 is 42.4 Å². The van der Waals surface area contributed by atoms with Crippen LogP contribution in [0.5, 0.6) is 5.75 Å². The average Bonchev–Trinajstić information content (AvgIpc) is 2.59. The van der Waals surface area contributed by atoms with Gasteiger partial charge in [0.1, 0.15) is 22.0 Å². The van der Waals surface area contributed by atoms with E-state index in [1.54, 1.807) is 0 Å². The lowest BCUT2D eigenvalue weighted by atomic mass is 10.1. The van der Waals surface area contributed by atoms with Crippen molar-refractivity contribution in [2.75, 3.05) is 0 Å². The van der Waals surface area contributed by atoms with Crippen molar-refractivity contribution in [2.24, 2.45) is 10.2 Å². The van der Waals surface area contributed by atoms with Crippen molar-refractivity contribution in [3.63, 3.8) is 0 Å². The molecule has 0 radical (unpaired) electrons. The monoisotopic (exact) mass is 408 g/mol. The van der Waals surface area contributed by atoms with Crippen molar-refractivity contribution in [3.05, 3.63) is 54.6 Å². The molecule has 3 N–H and O–H groups in total. The molecule has 3 rings (SSSR count). The maximum Gasteiger partial charge on any atom is 0.296 e. The Balaban J connectivity index is 2.16. The molecule has 0 heterocycles. The minimum atomic E-state index is -4.52. The summed E-state index contributed by atoms with van der Waals surface area (Å²) < 4.78 is 63.7. The molecule has 11 heteroatoms. The summed E-state index contributed by atoms with van der Waals surface area (Å²) in [6.45, 7) is 0. The summed E-state index contributed by atoms with van der Waals surface area (Å²) in [5.41, 5.74) is -0.189. The minimum absolute atomic E-state index is 0.0421. The van der Waals surface area contributed by atoms with Crippen LogP contribution in [0, 0.1) is 0 Å². The van der Waals surface area contributed by atoms with Crippen LogP contribution in [-0.2, 0) is 20.2 Å². The first-order valence-corrected chi connectivity index (χ1v) is 10.2. The van der Waals surface area contributed by atoms with Gasteiger partial charge in [-0.3, -0.25) is 9.11 Å². The number of azo groups is 1. The first-order chi connectivity index (χ1) is 12.6. The number of rotatable bonds is 4. The van der Waals surface area contributed by atoms with E-state index in [1.165, 1.54) is 42.5 Å². The standard InChI is InChI=1S/C16H12N2O7S2/c19-14-8-5-10-9-11(26(20,21)22)6-7-12(10)16(14)18-17-13-3-1-2-4-15(13)27(23,24)25/h1-9,19H,(H,20,21,22)(H,23,24,25)/b18-17+. The molecule has 0 aromatic heterocycles. The van der Waals surface area contributed by atoms with E-state index in [0.717, 1.165) is 12.1 Å². The van der Waals surface area contributed by atoms with E-state index in [1.807, 2.05) is 0 Å². The average molecular weight is 408 g/mol. The number of nitrogens with zero attached hydrogens (tertiary/aromatic N) is 2. The number of hydrogen-bond acceptors (Lipinski definition) is 7. The number of hydrogen-bond donors (Lipinski definition) is 3. The quantitative estimate of drug-likeness (QED) is 0.441. The molecule has 140 valence electrons. The van der Waals surface area contributed by atoms with E-state index >= 15 is 0 Å². The van der Waals surface area contributed by atoms with Gasteiger partial charge in [-0.05, 0) is 35.7 Å². The molecule has 9 nitrogen and oxygen atoms in total. The Bertz CT molecular complexity index is 1280. The molecule has 0 spiro atoms. The second-order valence-corrected chi connectivity index (χ2v) is 8.25. The lowest BCUT2D eigenvalue weighted by Gasteiger charge is -2.06. The van der Waals surface area contributed by atoms with E-state index in [4.69, 9.17) is 4.55 Å². The highest BCUT2D eigenvalue weighted by molar-refractivity contribution is 7.86. The van der Waals surface area contributed by atoms with Crippen molar-refractivity contribution in [1.29, 1.82) is 0 Å². The third kappa shape index (κ3) is 3.95. The summed E-state index contributed by atoms with van der Waals surface area (Å²) >= 11 is 0. The van der Waals surface area contributed by atoms with Gasteiger partial charge < -0.3 is 5.11 Å². The number of phenols is 1. The molecule has 0 unspecified atom stereocenters. The SMILES string of the molecule is O=S(=O)(O)c1ccc2c(/N=N/c3ccccc3S(=O)(=O)O)c(O)ccc2c1. The van der Waals surface area contributed by atoms with Crippen LogP contribution >= 0.6 is 0 Å². The van der Waals surface area contributed by atoms with Gasteiger partial charge in [-0.2, -0.15) is 16.8 Å². The number of fused-ring (bicyclic) bond motifs is 1. The van der Waals surface area contributed by atoms with Gasteiger partial charge in [-0.15, -0.1) is 10.2 Å². The van der Waals surface area contributed by atoms with Gasteiger partial charge >= 0.3 is 0 Å². The second-order valence-electron chi connectivity index (χ2n) is 5.43. The molecule has 0 amide bonds. The van der Waals surface area contributed by atoms with Crippen LogP contribution in [0.2, 0.25) is 0 Å². The van der Waals surface area contributed by atoms with Crippen LogP contribution in [0.1, 0.15) is 0 Å². The zero-order valence-electron chi connectivity index (χ0n) is 13.4. The molecule has 0 aliphatic carbocycles. The summed E-state index contributed by atoms with van der Waals surface area (Å²) in [7, 11) is -8.93. The largest absolute Gasteiger partial charge is 0.506 e. The molecule has 0 atom stereocenters. The van der Waals surface area contributed by atoms with Crippen molar-refractivity contribution in [1.82, 2.24) is 0 Å². The Labute approximate surface area is 154 Å². The Morgan fingerprint density at radius 3 is 2.15 bits per heavy atom. The first kappa shape index (κ1) is 18.9. The zero-order valence-corrected chi connectivity index (χ0v) is 15.0. The third-order valence-electron chi connectivity index (χ3n) is 3.64. The summed E-state index contributed by atoms with van der Waals surface area (Å²) in [4.78, 5) is -0.789. The molecule has 0 saturated heterocycles. The Morgan fingerprint density at radius 1 is 0.778 bits per heavy atom. The Hall–Kier alpha value is -2.86. The molecular formula is C16H12N2O7S2. The predicted molar refractivity (Wildman–Crippen MR) is 95.9 cm³/mol. The summed E-state index contributed by atoms with van der Waals surface area (Å²) in [5.74, 6) is -0.282. The smallest absolute Gasteiger partial charge is 0.296 e. The van der Waals surface area contributed by atoms with E-state index < -0.39 is 25.1 Å². The fraction of sp³-hybridized carbons (Fsp3) is 0. The molecule has 0 bridgehead atoms. The fourth-order valence-corrected chi connectivity index (χ4v) is 3.55. The van der Waals surface area contributed by atoms with Gasteiger partial charge in [0.15, 0.2) is 0 Å². The van der Waals surface area contributed by atoms with Gasteiger partial charge in [0.05, 0.1) is 4.90 Å². The Kier molecular flexibility index (Phi) is 4.70. The maximum atomic E-state index is 11.4. The van der Waals surface area contributed by atoms with Crippen LogP contribution < -0.4 is 0 Å². The van der Waals surface area contributed by atoms with Crippen LogP contribution in [0.3, 0.4) is 0 Å². The maximum absolute atomic E-state index is 11.4. The molecule has 0 saturated carbocycles. The van der Waals surface area contributed by atoms with Gasteiger partial charge in [0, 0.05) is 5.39 Å². The number of benzene rings is 3. The van der Waals surface area contributed by atoms with Crippen LogP contribution in [0.4, 0.5) is 11.4 Å². The van der Waals surface area contributed by atoms with E-state index in [2.05, 4.69) is 10.2 Å². The van der Waals surface area contributed by atoms with Crippen LogP contribution in [0.15, 0.2) is 74.6 Å². The van der Waals surface area contributed by atoms with Crippen LogP contribution in [-0.4, -0.2) is 31.0 Å². The molecule has 3 aromatic carbocycles. The first-order valence-electron chi connectivity index (χ1n) is 7.29. The summed E-state index contributed by atoms with van der Waals surface area (Å²) in [5, 5.41) is 18.4. The van der Waals surface area contributed by atoms with Gasteiger partial charge in [0.25, 0.3) is 20.2 Å². The zero-order chi connectivity index (χ0) is 19.8. The lowest BCUT2D eigenvalue weighted by molar-refractivity contribution is 0.477. The third-order valence-corrected chi connectivity index (χ3v) is 5.39. The number of phenolic OH excluding ortho intramolecular Hbond substituents is 1. The van der Waals surface area contributed by atoms with Crippen molar-refractivity contribution in [3.8, 4) is 5.75 Å². The minimum Gasteiger partial charge on any atom is -0.506 e. The second kappa shape index (κ2) is 6.70. The molecule has 0 fully saturated rings. The molecule has 0 aliphatic heterocycles. The van der Waals surface area contributed by atoms with Gasteiger partial charge in [-0.1, -0.05) is 24.3 Å². The van der Waals surface area contributed by atoms with Crippen molar-refractivity contribution in [2.45, 2.75) is 9.79 Å². The highest BCUT2D eigenvalue weighted by Gasteiger charge is 2.16. The van der Waals surface area contributed by atoms with E-state index in [0.29, 0.717) is 10.8 Å². The lowest BCUT2D eigenvalue weighted by Crippen LogP contribution is -1.97. The van der Waals surface area contributed by atoms with E-state index in [9.17, 15) is 26.5 Å². The van der Waals surface area contributed by atoms with Gasteiger partial charge in [0.2, 0.25) is 0 Å². The Morgan fingerprint density at radius 2 is 1.48 bits per heavy atom. The summed E-state index contributed by atoms with van der Waals surface area (Å²) in [6, 6.07) is 11.7.